The summed E-state index contributed by atoms with van der Waals surface area (Å²) in [6.07, 6.45) is 0. The van der Waals surface area contributed by atoms with Crippen molar-refractivity contribution < 1.29 is 9.53 Å². The Kier molecular flexibility index (Phi) is 6.04. The zero-order valence-corrected chi connectivity index (χ0v) is 17.9. The zero-order chi connectivity index (χ0) is 21.8. The molecule has 0 aliphatic rings. The summed E-state index contributed by atoms with van der Waals surface area (Å²) in [5, 5.41) is 3.38. The SMILES string of the molecule is COc1ccc(NC(=O)C(Sc2nc3ccccc3c(=O)n2C)c2ccccc2)cc1. The average molecular weight is 432 g/mol. The van der Waals surface area contributed by atoms with Crippen LogP contribution in [0.25, 0.3) is 10.9 Å². The summed E-state index contributed by atoms with van der Waals surface area (Å²) in [6, 6.07) is 23.8. The van der Waals surface area contributed by atoms with Crippen LogP contribution >= 0.6 is 11.8 Å². The van der Waals surface area contributed by atoms with E-state index in [2.05, 4.69) is 10.3 Å². The third-order valence-electron chi connectivity index (χ3n) is 4.86. The second kappa shape index (κ2) is 9.06. The molecule has 1 unspecified atom stereocenters. The summed E-state index contributed by atoms with van der Waals surface area (Å²) >= 11 is 1.25. The molecule has 4 rings (SSSR count). The molecule has 1 amide bonds. The Balaban J connectivity index is 1.69. The van der Waals surface area contributed by atoms with Gasteiger partial charge in [-0.1, -0.05) is 54.2 Å². The lowest BCUT2D eigenvalue weighted by molar-refractivity contribution is -0.115. The predicted octanol–water partition coefficient (Wildman–Crippen LogP) is 4.41. The van der Waals surface area contributed by atoms with Gasteiger partial charge in [-0.2, -0.15) is 0 Å². The zero-order valence-electron chi connectivity index (χ0n) is 17.1. The third-order valence-corrected chi connectivity index (χ3v) is 6.16. The first-order valence-corrected chi connectivity index (χ1v) is 10.6. The largest absolute Gasteiger partial charge is 0.497 e. The Morgan fingerprint density at radius 3 is 2.39 bits per heavy atom. The number of benzene rings is 3. The smallest absolute Gasteiger partial charge is 0.261 e. The standard InChI is InChI=1S/C24H21N3O3S/c1-27-23(29)19-10-6-7-11-20(19)26-24(27)31-21(16-8-4-3-5-9-16)22(28)25-17-12-14-18(30-2)15-13-17/h3-15,21H,1-2H3,(H,25,28). The van der Waals surface area contributed by atoms with Crippen molar-refractivity contribution in [3.63, 3.8) is 0 Å². The maximum absolute atomic E-state index is 13.3. The van der Waals surface area contributed by atoms with E-state index in [1.807, 2.05) is 42.5 Å². The highest BCUT2D eigenvalue weighted by atomic mass is 32.2. The summed E-state index contributed by atoms with van der Waals surface area (Å²) in [5.41, 5.74) is 1.94. The van der Waals surface area contributed by atoms with Crippen LogP contribution in [0.5, 0.6) is 5.75 Å². The van der Waals surface area contributed by atoms with Gasteiger partial charge in [0.2, 0.25) is 5.91 Å². The van der Waals surface area contributed by atoms with Gasteiger partial charge in [0.15, 0.2) is 5.16 Å². The third kappa shape index (κ3) is 4.46. The van der Waals surface area contributed by atoms with E-state index in [-0.39, 0.29) is 11.5 Å². The highest BCUT2D eigenvalue weighted by molar-refractivity contribution is 8.00. The first-order valence-electron chi connectivity index (χ1n) is 9.69. The number of nitrogens with one attached hydrogen (secondary N) is 1. The number of fused-ring (bicyclic) bond motifs is 1. The molecule has 1 heterocycles. The van der Waals surface area contributed by atoms with Gasteiger partial charge in [-0.3, -0.25) is 14.2 Å². The van der Waals surface area contributed by atoms with Crippen molar-refractivity contribution in [3.8, 4) is 5.75 Å². The number of amides is 1. The molecule has 6 nitrogen and oxygen atoms in total. The predicted molar refractivity (Wildman–Crippen MR) is 124 cm³/mol. The van der Waals surface area contributed by atoms with Crippen molar-refractivity contribution in [2.75, 3.05) is 12.4 Å². The van der Waals surface area contributed by atoms with E-state index < -0.39 is 5.25 Å². The van der Waals surface area contributed by atoms with Gasteiger partial charge in [0.1, 0.15) is 11.0 Å². The molecular formula is C24H21N3O3S. The van der Waals surface area contributed by atoms with E-state index in [0.717, 1.165) is 5.56 Å². The summed E-state index contributed by atoms with van der Waals surface area (Å²) in [4.78, 5) is 30.7. The van der Waals surface area contributed by atoms with Crippen molar-refractivity contribution in [1.82, 2.24) is 9.55 Å². The van der Waals surface area contributed by atoms with Crippen LogP contribution in [0, 0.1) is 0 Å². The number of anilines is 1. The molecule has 0 bridgehead atoms. The first-order chi connectivity index (χ1) is 15.1. The molecule has 0 radical (unpaired) electrons. The number of methoxy groups -OCH3 is 1. The maximum atomic E-state index is 13.3. The lowest BCUT2D eigenvalue weighted by atomic mass is 10.1. The number of hydrogen-bond donors (Lipinski definition) is 1. The second-order valence-corrected chi connectivity index (χ2v) is 7.97. The molecule has 7 heteroatoms. The van der Waals surface area contributed by atoms with Crippen molar-refractivity contribution in [2.45, 2.75) is 10.4 Å². The van der Waals surface area contributed by atoms with Gasteiger partial charge < -0.3 is 10.1 Å². The fourth-order valence-corrected chi connectivity index (χ4v) is 4.25. The Hall–Kier alpha value is -3.58. The summed E-state index contributed by atoms with van der Waals surface area (Å²) in [7, 11) is 3.27. The van der Waals surface area contributed by atoms with Crippen LogP contribution in [0.2, 0.25) is 0 Å². The lowest BCUT2D eigenvalue weighted by Crippen LogP contribution is -2.23. The molecule has 0 saturated heterocycles. The minimum Gasteiger partial charge on any atom is -0.497 e. The van der Waals surface area contributed by atoms with Crippen LogP contribution in [-0.4, -0.2) is 22.6 Å². The molecule has 1 atom stereocenters. The summed E-state index contributed by atoms with van der Waals surface area (Å²) < 4.78 is 6.66. The molecular weight excluding hydrogens is 410 g/mol. The molecule has 156 valence electrons. The van der Waals surface area contributed by atoms with Crippen LogP contribution in [-0.2, 0) is 11.8 Å². The van der Waals surface area contributed by atoms with E-state index in [1.165, 1.54) is 16.3 Å². The molecule has 1 N–H and O–H groups in total. The monoisotopic (exact) mass is 431 g/mol. The van der Waals surface area contributed by atoms with Crippen LogP contribution < -0.4 is 15.6 Å². The number of ether oxygens (including phenoxy) is 1. The van der Waals surface area contributed by atoms with Gasteiger partial charge in [-0.25, -0.2) is 4.98 Å². The van der Waals surface area contributed by atoms with Crippen molar-refractivity contribution in [1.29, 1.82) is 0 Å². The molecule has 0 saturated carbocycles. The number of hydrogen-bond acceptors (Lipinski definition) is 5. The van der Waals surface area contributed by atoms with E-state index in [9.17, 15) is 9.59 Å². The number of nitrogens with zero attached hydrogens (tertiary/aromatic N) is 2. The highest BCUT2D eigenvalue weighted by Gasteiger charge is 2.24. The lowest BCUT2D eigenvalue weighted by Gasteiger charge is -2.18. The molecule has 0 aliphatic heterocycles. The Bertz CT molecular complexity index is 1270. The van der Waals surface area contributed by atoms with Crippen LogP contribution in [0.4, 0.5) is 5.69 Å². The molecule has 0 spiro atoms. The van der Waals surface area contributed by atoms with Crippen LogP contribution in [0.1, 0.15) is 10.8 Å². The van der Waals surface area contributed by atoms with Gasteiger partial charge in [-0.15, -0.1) is 0 Å². The van der Waals surface area contributed by atoms with Gasteiger partial charge in [-0.05, 0) is 42.0 Å². The number of rotatable bonds is 6. The topological polar surface area (TPSA) is 73.2 Å². The van der Waals surface area contributed by atoms with E-state index >= 15 is 0 Å². The molecule has 31 heavy (non-hydrogen) atoms. The number of carbonyl (C=O) groups is 1. The average Bonchev–Trinajstić information content (AvgIpc) is 2.81. The Labute approximate surface area is 183 Å². The van der Waals surface area contributed by atoms with E-state index in [0.29, 0.717) is 27.5 Å². The normalized spacial score (nSPS) is 11.8. The van der Waals surface area contributed by atoms with Gasteiger partial charge in [0.25, 0.3) is 5.56 Å². The first kappa shape index (κ1) is 20.7. The number of thioether (sulfide) groups is 1. The van der Waals surface area contributed by atoms with Crippen molar-refractivity contribution in [2.24, 2.45) is 7.05 Å². The van der Waals surface area contributed by atoms with Gasteiger partial charge in [0.05, 0.1) is 18.0 Å². The minimum atomic E-state index is -0.595. The minimum absolute atomic E-state index is 0.143. The van der Waals surface area contributed by atoms with Gasteiger partial charge >= 0.3 is 0 Å². The second-order valence-electron chi connectivity index (χ2n) is 6.90. The number of aromatic nitrogens is 2. The molecule has 3 aromatic carbocycles. The Morgan fingerprint density at radius 2 is 1.68 bits per heavy atom. The van der Waals surface area contributed by atoms with E-state index in [1.54, 1.807) is 50.6 Å². The van der Waals surface area contributed by atoms with Crippen molar-refractivity contribution >= 4 is 34.3 Å². The van der Waals surface area contributed by atoms with Crippen molar-refractivity contribution in [3.05, 3.63) is 94.8 Å². The summed E-state index contributed by atoms with van der Waals surface area (Å²) in [5.74, 6) is 0.506. The molecule has 0 fully saturated rings. The number of carbonyl (C=O) groups excluding carboxylic acids is 1. The fourth-order valence-electron chi connectivity index (χ4n) is 3.19. The Morgan fingerprint density at radius 1 is 1.00 bits per heavy atom. The highest BCUT2D eigenvalue weighted by Crippen LogP contribution is 2.35. The molecule has 4 aromatic rings. The fraction of sp³-hybridized carbons (Fsp3) is 0.125. The van der Waals surface area contributed by atoms with E-state index in [4.69, 9.17) is 4.74 Å². The van der Waals surface area contributed by atoms with Crippen LogP contribution in [0.15, 0.2) is 88.8 Å². The van der Waals surface area contributed by atoms with Crippen LogP contribution in [0.3, 0.4) is 0 Å². The maximum Gasteiger partial charge on any atom is 0.261 e. The number of para-hydroxylation sites is 1. The summed E-state index contributed by atoms with van der Waals surface area (Å²) in [6.45, 7) is 0. The molecule has 0 aliphatic carbocycles. The van der Waals surface area contributed by atoms with Gasteiger partial charge in [0, 0.05) is 12.7 Å². The quantitative estimate of drug-likeness (QED) is 0.362. The molecule has 1 aromatic heterocycles.